The predicted molar refractivity (Wildman–Crippen MR) is 74.3 cm³/mol. The Balaban J connectivity index is 2.51. The molecule has 23 heavy (non-hydrogen) atoms. The number of halogens is 3. The molecule has 1 aliphatic rings. The number of sulfone groups is 1. The summed E-state index contributed by atoms with van der Waals surface area (Å²) in [5, 5.41) is 9.79. The molecule has 0 bridgehead atoms. The van der Waals surface area contributed by atoms with Crippen LogP contribution in [0.4, 0.5) is 13.2 Å². The molecule has 0 amide bonds. The second-order valence-corrected chi connectivity index (χ2v) is 7.45. The van der Waals surface area contributed by atoms with E-state index in [0.717, 1.165) is 13.2 Å². The molecule has 5 nitrogen and oxygen atoms in total. The molecule has 0 saturated carbocycles. The molecule has 2 rings (SSSR count). The molecule has 1 N–H and O–H groups in total. The molecule has 0 fully saturated rings. The molecule has 126 valence electrons. The van der Waals surface area contributed by atoms with Crippen LogP contribution in [-0.2, 0) is 19.4 Å². The van der Waals surface area contributed by atoms with Gasteiger partial charge in [0.25, 0.3) is 0 Å². The van der Waals surface area contributed by atoms with Crippen molar-refractivity contribution in [1.29, 1.82) is 0 Å². The number of esters is 1. The van der Waals surface area contributed by atoms with Gasteiger partial charge in [-0.05, 0) is 24.6 Å². The third-order valence-electron chi connectivity index (χ3n) is 3.39. The van der Waals surface area contributed by atoms with Crippen molar-refractivity contribution in [3.8, 4) is 0 Å². The Labute approximate surface area is 130 Å². The van der Waals surface area contributed by atoms with Gasteiger partial charge in [0.1, 0.15) is 5.60 Å². The largest absolute Gasteiger partial charge is 0.502 e. The average molecular weight is 350 g/mol. The van der Waals surface area contributed by atoms with Gasteiger partial charge in [0.05, 0.1) is 16.9 Å². The number of ether oxygens (including phenoxy) is 1. The van der Waals surface area contributed by atoms with Crippen LogP contribution in [0.5, 0.6) is 0 Å². The Morgan fingerprint density at radius 2 is 1.74 bits per heavy atom. The number of carbonyl (C=O) groups is 1. The van der Waals surface area contributed by atoms with Gasteiger partial charge >= 0.3 is 12.1 Å². The first-order chi connectivity index (χ1) is 10.3. The lowest BCUT2D eigenvalue weighted by Crippen LogP contribution is -2.33. The van der Waals surface area contributed by atoms with E-state index in [2.05, 4.69) is 0 Å². The van der Waals surface area contributed by atoms with Crippen LogP contribution in [0, 0.1) is 0 Å². The number of cyclic esters (lactones) is 1. The maximum atomic E-state index is 12.7. The molecule has 1 aromatic carbocycles. The number of alkyl halides is 3. The van der Waals surface area contributed by atoms with Gasteiger partial charge in [-0.15, -0.1) is 0 Å². The van der Waals surface area contributed by atoms with Crippen LogP contribution in [-0.4, -0.2) is 37.5 Å². The van der Waals surface area contributed by atoms with Crippen LogP contribution in [0.25, 0.3) is 5.57 Å². The molecule has 1 aromatic rings. The van der Waals surface area contributed by atoms with Gasteiger partial charge in [-0.1, -0.05) is 12.1 Å². The minimum atomic E-state index is -4.63. The second kappa shape index (κ2) is 5.26. The van der Waals surface area contributed by atoms with E-state index in [0.29, 0.717) is 0 Å². The van der Waals surface area contributed by atoms with Gasteiger partial charge < -0.3 is 9.84 Å². The minimum Gasteiger partial charge on any atom is -0.502 e. The van der Waals surface area contributed by atoms with E-state index in [1.165, 1.54) is 24.3 Å². The summed E-state index contributed by atoms with van der Waals surface area (Å²) in [6.07, 6.45) is -5.12. The lowest BCUT2D eigenvalue weighted by Gasteiger charge is -2.27. The fourth-order valence-corrected chi connectivity index (χ4v) is 3.10. The molecule has 9 heteroatoms. The first-order valence-electron chi connectivity index (χ1n) is 6.38. The lowest BCUT2D eigenvalue weighted by molar-refractivity contribution is -0.176. The first-order valence-corrected chi connectivity index (χ1v) is 8.27. The zero-order valence-electron chi connectivity index (χ0n) is 12.1. The zero-order chi connectivity index (χ0) is 17.6. The van der Waals surface area contributed by atoms with Crippen molar-refractivity contribution in [3.63, 3.8) is 0 Å². The van der Waals surface area contributed by atoms with Gasteiger partial charge in [0.2, 0.25) is 5.76 Å². The second-order valence-electron chi connectivity index (χ2n) is 5.43. The highest BCUT2D eigenvalue weighted by Gasteiger charge is 2.51. The maximum Gasteiger partial charge on any atom is 0.393 e. The topological polar surface area (TPSA) is 80.7 Å². The molecule has 1 unspecified atom stereocenters. The standard InChI is InChI=1S/C14H13F3O5S/c1-13(7-14(15,16)17)10(11(18)12(19)22-13)8-3-5-9(6-4-8)23(2,20)21/h3-6,18H,7H2,1-2H3. The van der Waals surface area contributed by atoms with E-state index >= 15 is 0 Å². The summed E-state index contributed by atoms with van der Waals surface area (Å²) >= 11 is 0. The van der Waals surface area contributed by atoms with E-state index in [9.17, 15) is 31.5 Å². The van der Waals surface area contributed by atoms with E-state index in [1.807, 2.05) is 0 Å². The Hall–Kier alpha value is -2.03. The molecule has 0 saturated heterocycles. The molecule has 0 radical (unpaired) electrons. The Bertz CT molecular complexity index is 778. The Morgan fingerprint density at radius 3 is 2.17 bits per heavy atom. The number of rotatable bonds is 3. The molecule has 1 heterocycles. The molecular formula is C14H13F3O5S. The van der Waals surface area contributed by atoms with Crippen LogP contribution in [0.15, 0.2) is 34.9 Å². The number of hydrogen-bond donors (Lipinski definition) is 1. The van der Waals surface area contributed by atoms with Crippen molar-refractivity contribution in [2.24, 2.45) is 0 Å². The van der Waals surface area contributed by atoms with E-state index in [4.69, 9.17) is 4.74 Å². The fraction of sp³-hybridized carbons (Fsp3) is 0.357. The van der Waals surface area contributed by atoms with Crippen LogP contribution in [0.1, 0.15) is 18.9 Å². The van der Waals surface area contributed by atoms with Crippen molar-refractivity contribution in [3.05, 3.63) is 35.6 Å². The summed E-state index contributed by atoms with van der Waals surface area (Å²) in [5.74, 6) is -2.16. The maximum absolute atomic E-state index is 12.7. The van der Waals surface area contributed by atoms with Crippen LogP contribution < -0.4 is 0 Å². The summed E-state index contributed by atoms with van der Waals surface area (Å²) in [6, 6.07) is 4.81. The summed E-state index contributed by atoms with van der Waals surface area (Å²) in [4.78, 5) is 11.5. The Morgan fingerprint density at radius 1 is 1.22 bits per heavy atom. The van der Waals surface area contributed by atoms with E-state index < -0.39 is 39.8 Å². The quantitative estimate of drug-likeness (QED) is 0.848. The summed E-state index contributed by atoms with van der Waals surface area (Å²) in [6.45, 7) is 1.04. The Kier molecular flexibility index (Phi) is 3.96. The van der Waals surface area contributed by atoms with Crippen molar-refractivity contribution >= 4 is 21.4 Å². The highest BCUT2D eigenvalue weighted by Crippen LogP contribution is 2.45. The molecule has 0 aromatic heterocycles. The SMILES string of the molecule is CC1(CC(F)(F)F)OC(=O)C(O)=C1c1ccc(S(C)(=O)=O)cc1. The van der Waals surface area contributed by atoms with Crippen molar-refractivity contribution in [1.82, 2.24) is 0 Å². The van der Waals surface area contributed by atoms with Crippen molar-refractivity contribution < 1.29 is 36.2 Å². The fourth-order valence-electron chi connectivity index (χ4n) is 2.47. The number of hydrogen-bond acceptors (Lipinski definition) is 5. The van der Waals surface area contributed by atoms with Gasteiger partial charge in [-0.2, -0.15) is 13.2 Å². The summed E-state index contributed by atoms with van der Waals surface area (Å²) in [5.41, 5.74) is -2.32. The number of benzene rings is 1. The highest BCUT2D eigenvalue weighted by atomic mass is 32.2. The monoisotopic (exact) mass is 350 g/mol. The molecule has 1 aliphatic heterocycles. The van der Waals surface area contributed by atoms with Crippen LogP contribution >= 0.6 is 0 Å². The third kappa shape index (κ3) is 3.49. The summed E-state index contributed by atoms with van der Waals surface area (Å²) in [7, 11) is -3.48. The molecular weight excluding hydrogens is 337 g/mol. The lowest BCUT2D eigenvalue weighted by atomic mass is 9.87. The van der Waals surface area contributed by atoms with E-state index in [1.54, 1.807) is 0 Å². The smallest absolute Gasteiger partial charge is 0.393 e. The average Bonchev–Trinajstić information content (AvgIpc) is 2.56. The normalized spacial score (nSPS) is 22.4. The van der Waals surface area contributed by atoms with Crippen LogP contribution in [0.2, 0.25) is 0 Å². The summed E-state index contributed by atoms with van der Waals surface area (Å²) < 4.78 is 65.7. The zero-order valence-corrected chi connectivity index (χ0v) is 13.0. The molecule has 0 aliphatic carbocycles. The predicted octanol–water partition coefficient (Wildman–Crippen LogP) is 2.63. The minimum absolute atomic E-state index is 0.0379. The third-order valence-corrected chi connectivity index (χ3v) is 4.51. The van der Waals surface area contributed by atoms with Gasteiger partial charge in [-0.25, -0.2) is 13.2 Å². The number of carbonyl (C=O) groups excluding carboxylic acids is 1. The van der Waals surface area contributed by atoms with Gasteiger partial charge in [0, 0.05) is 6.26 Å². The van der Waals surface area contributed by atoms with Gasteiger partial charge in [-0.3, -0.25) is 0 Å². The number of aliphatic hydroxyl groups is 1. The number of aliphatic hydroxyl groups excluding tert-OH is 1. The van der Waals surface area contributed by atoms with Crippen LogP contribution in [0.3, 0.4) is 0 Å². The van der Waals surface area contributed by atoms with Crippen molar-refractivity contribution in [2.45, 2.75) is 30.0 Å². The van der Waals surface area contributed by atoms with Gasteiger partial charge in [0.15, 0.2) is 9.84 Å². The van der Waals surface area contributed by atoms with E-state index in [-0.39, 0.29) is 16.0 Å². The highest BCUT2D eigenvalue weighted by molar-refractivity contribution is 7.90. The molecule has 1 atom stereocenters. The first kappa shape index (κ1) is 17.3. The van der Waals surface area contributed by atoms with Crippen molar-refractivity contribution in [2.75, 3.05) is 6.26 Å². The molecule has 0 spiro atoms.